The predicted octanol–water partition coefficient (Wildman–Crippen LogP) is 0.607. The Hall–Kier alpha value is -2.68. The molecule has 0 radical (unpaired) electrons. The molecular weight excluding hydrogens is 334 g/mol. The summed E-state index contributed by atoms with van der Waals surface area (Å²) in [5, 5.41) is 10.1. The fourth-order valence-corrected chi connectivity index (χ4v) is 2.72. The van der Waals surface area contributed by atoms with Gasteiger partial charge in [0.1, 0.15) is 11.9 Å². The second-order valence-corrected chi connectivity index (χ2v) is 6.17. The van der Waals surface area contributed by atoms with Crippen LogP contribution in [-0.4, -0.2) is 65.0 Å². The summed E-state index contributed by atoms with van der Waals surface area (Å²) in [6, 6.07) is 3.43. The van der Waals surface area contributed by atoms with Gasteiger partial charge in [0, 0.05) is 50.3 Å². The van der Waals surface area contributed by atoms with E-state index in [2.05, 4.69) is 30.6 Å². The molecule has 1 atom stereocenters. The van der Waals surface area contributed by atoms with Gasteiger partial charge in [-0.3, -0.25) is 9.48 Å². The molecule has 1 aliphatic rings. The van der Waals surface area contributed by atoms with Crippen molar-refractivity contribution in [2.75, 3.05) is 49.6 Å². The summed E-state index contributed by atoms with van der Waals surface area (Å²) >= 11 is 0. The minimum absolute atomic E-state index is 0.0744. The number of rotatable bonds is 7. The van der Waals surface area contributed by atoms with E-state index in [1.54, 1.807) is 23.1 Å². The Morgan fingerprint density at radius 3 is 2.85 bits per heavy atom. The lowest BCUT2D eigenvalue weighted by molar-refractivity contribution is -0.124. The molecule has 0 bridgehead atoms. The summed E-state index contributed by atoms with van der Waals surface area (Å²) in [5.74, 6) is 1.40. The van der Waals surface area contributed by atoms with Crippen molar-refractivity contribution >= 4 is 17.7 Å². The highest BCUT2D eigenvalue weighted by molar-refractivity contribution is 5.79. The van der Waals surface area contributed by atoms with Gasteiger partial charge in [-0.2, -0.15) is 10.1 Å². The van der Waals surface area contributed by atoms with Crippen molar-refractivity contribution < 1.29 is 9.53 Å². The molecule has 26 heavy (non-hydrogen) atoms. The molecule has 3 rings (SSSR count). The van der Waals surface area contributed by atoms with Crippen LogP contribution >= 0.6 is 0 Å². The van der Waals surface area contributed by atoms with E-state index in [1.165, 1.54) is 0 Å². The van der Waals surface area contributed by atoms with Crippen LogP contribution in [0.25, 0.3) is 0 Å². The normalized spacial score (nSPS) is 15.5. The van der Waals surface area contributed by atoms with E-state index in [4.69, 9.17) is 4.74 Å². The Labute approximate surface area is 152 Å². The van der Waals surface area contributed by atoms with E-state index < -0.39 is 0 Å². The van der Waals surface area contributed by atoms with Crippen molar-refractivity contribution in [3.05, 3.63) is 30.2 Å². The third kappa shape index (κ3) is 4.69. The van der Waals surface area contributed by atoms with Crippen LogP contribution in [-0.2, 0) is 9.53 Å². The molecule has 1 saturated heterocycles. The Balaban J connectivity index is 1.48. The SMILES string of the molecule is Cc1cc(N2CCOCC2)nc(NCCNC(=O)C(C)n2cccn2)n1. The number of carbonyl (C=O) groups is 1. The van der Waals surface area contributed by atoms with E-state index in [1.807, 2.05) is 19.9 Å². The number of ether oxygens (including phenoxy) is 1. The zero-order chi connectivity index (χ0) is 18.4. The first-order valence-corrected chi connectivity index (χ1v) is 8.82. The van der Waals surface area contributed by atoms with Crippen molar-refractivity contribution in [1.82, 2.24) is 25.1 Å². The maximum Gasteiger partial charge on any atom is 0.244 e. The van der Waals surface area contributed by atoms with Gasteiger partial charge >= 0.3 is 0 Å². The number of amides is 1. The smallest absolute Gasteiger partial charge is 0.244 e. The van der Waals surface area contributed by atoms with Gasteiger partial charge in [0.25, 0.3) is 0 Å². The van der Waals surface area contributed by atoms with Crippen LogP contribution in [0.1, 0.15) is 18.7 Å². The first-order valence-electron chi connectivity index (χ1n) is 8.82. The number of carbonyl (C=O) groups excluding carboxylic acids is 1. The van der Waals surface area contributed by atoms with Crippen molar-refractivity contribution in [3.8, 4) is 0 Å². The summed E-state index contributed by atoms with van der Waals surface area (Å²) in [6.07, 6.45) is 3.43. The fraction of sp³-hybridized carbons (Fsp3) is 0.529. The van der Waals surface area contributed by atoms with Crippen molar-refractivity contribution in [1.29, 1.82) is 0 Å². The molecule has 0 spiro atoms. The van der Waals surface area contributed by atoms with Crippen LogP contribution in [0.4, 0.5) is 11.8 Å². The maximum atomic E-state index is 12.1. The van der Waals surface area contributed by atoms with Gasteiger partial charge in [-0.25, -0.2) is 4.98 Å². The molecule has 0 aromatic carbocycles. The van der Waals surface area contributed by atoms with Gasteiger partial charge in [0.15, 0.2) is 0 Å². The van der Waals surface area contributed by atoms with Crippen LogP contribution in [0.5, 0.6) is 0 Å². The summed E-state index contributed by atoms with van der Waals surface area (Å²) in [6.45, 7) is 7.88. The number of aromatic nitrogens is 4. The highest BCUT2D eigenvalue weighted by Gasteiger charge is 2.15. The topological polar surface area (TPSA) is 97.2 Å². The fourth-order valence-electron chi connectivity index (χ4n) is 2.72. The Bertz CT molecular complexity index is 714. The van der Waals surface area contributed by atoms with Crippen LogP contribution in [0.3, 0.4) is 0 Å². The molecule has 0 aliphatic carbocycles. The van der Waals surface area contributed by atoms with Gasteiger partial charge in [0.05, 0.1) is 13.2 Å². The summed E-state index contributed by atoms with van der Waals surface area (Å²) < 4.78 is 7.01. The number of nitrogens with one attached hydrogen (secondary N) is 2. The summed E-state index contributed by atoms with van der Waals surface area (Å²) in [5.41, 5.74) is 0.903. The molecule has 1 fully saturated rings. The number of morpholine rings is 1. The standard InChI is InChI=1S/C17H25N7O2/c1-13-12-15(23-8-10-26-11-9-23)22-17(21-13)19-6-5-18-16(25)14(2)24-7-3-4-20-24/h3-4,7,12,14H,5-6,8-11H2,1-2H3,(H,18,25)(H,19,21,22). The molecule has 2 aromatic rings. The number of nitrogens with zero attached hydrogens (tertiary/aromatic N) is 5. The molecule has 1 unspecified atom stereocenters. The number of anilines is 2. The second kappa shape index (κ2) is 8.61. The zero-order valence-corrected chi connectivity index (χ0v) is 15.2. The molecular formula is C17H25N7O2. The van der Waals surface area contributed by atoms with Gasteiger partial charge in [-0.05, 0) is 19.9 Å². The zero-order valence-electron chi connectivity index (χ0n) is 15.2. The molecule has 1 amide bonds. The van der Waals surface area contributed by atoms with Crippen molar-refractivity contribution in [3.63, 3.8) is 0 Å². The van der Waals surface area contributed by atoms with E-state index >= 15 is 0 Å². The van der Waals surface area contributed by atoms with Crippen molar-refractivity contribution in [2.24, 2.45) is 0 Å². The van der Waals surface area contributed by atoms with Crippen LogP contribution in [0.2, 0.25) is 0 Å². The minimum Gasteiger partial charge on any atom is -0.378 e. The van der Waals surface area contributed by atoms with Crippen LogP contribution in [0, 0.1) is 6.92 Å². The van der Waals surface area contributed by atoms with E-state index in [0.29, 0.717) is 32.3 Å². The third-order valence-corrected chi connectivity index (χ3v) is 4.18. The average Bonchev–Trinajstić information content (AvgIpc) is 3.19. The molecule has 9 heteroatoms. The molecule has 9 nitrogen and oxygen atoms in total. The van der Waals surface area contributed by atoms with Crippen molar-refractivity contribution in [2.45, 2.75) is 19.9 Å². The molecule has 3 heterocycles. The quantitative estimate of drug-likeness (QED) is 0.699. The minimum atomic E-state index is -0.340. The Kier molecular flexibility index (Phi) is 6.00. The lowest BCUT2D eigenvalue weighted by atomic mass is 10.3. The van der Waals surface area contributed by atoms with Gasteiger partial charge in [-0.1, -0.05) is 0 Å². The first kappa shape index (κ1) is 18.1. The summed E-state index contributed by atoms with van der Waals surface area (Å²) in [4.78, 5) is 23.3. The molecule has 1 aliphatic heterocycles. The highest BCUT2D eigenvalue weighted by Crippen LogP contribution is 2.16. The molecule has 2 aromatic heterocycles. The van der Waals surface area contributed by atoms with Crippen LogP contribution in [0.15, 0.2) is 24.5 Å². The number of aryl methyl sites for hydroxylation is 1. The molecule has 0 saturated carbocycles. The average molecular weight is 359 g/mol. The molecule has 2 N–H and O–H groups in total. The van der Waals surface area contributed by atoms with E-state index in [9.17, 15) is 4.79 Å². The lowest BCUT2D eigenvalue weighted by Gasteiger charge is -2.28. The first-order chi connectivity index (χ1) is 12.6. The largest absolute Gasteiger partial charge is 0.378 e. The van der Waals surface area contributed by atoms with E-state index in [0.717, 1.165) is 24.6 Å². The van der Waals surface area contributed by atoms with Gasteiger partial charge < -0.3 is 20.3 Å². The van der Waals surface area contributed by atoms with E-state index in [-0.39, 0.29) is 11.9 Å². The molecule has 140 valence electrons. The van der Waals surface area contributed by atoms with Gasteiger partial charge in [-0.15, -0.1) is 0 Å². The highest BCUT2D eigenvalue weighted by atomic mass is 16.5. The Morgan fingerprint density at radius 1 is 1.31 bits per heavy atom. The Morgan fingerprint density at radius 2 is 2.12 bits per heavy atom. The van der Waals surface area contributed by atoms with Gasteiger partial charge in [0.2, 0.25) is 11.9 Å². The second-order valence-electron chi connectivity index (χ2n) is 6.17. The summed E-state index contributed by atoms with van der Waals surface area (Å²) in [7, 11) is 0. The number of hydrogen-bond donors (Lipinski definition) is 2. The third-order valence-electron chi connectivity index (χ3n) is 4.18. The monoisotopic (exact) mass is 359 g/mol. The number of hydrogen-bond acceptors (Lipinski definition) is 7. The maximum absolute atomic E-state index is 12.1. The van der Waals surface area contributed by atoms with Crippen LogP contribution < -0.4 is 15.5 Å². The predicted molar refractivity (Wildman–Crippen MR) is 98.2 cm³/mol. The lowest BCUT2D eigenvalue weighted by Crippen LogP contribution is -2.37.